The normalized spacial score (nSPS) is 11.5. The summed E-state index contributed by atoms with van der Waals surface area (Å²) in [5.74, 6) is 0. The van der Waals surface area contributed by atoms with Crippen LogP contribution in [0.5, 0.6) is 0 Å². The molecule has 0 fully saturated rings. The molecule has 0 aliphatic rings. The minimum absolute atomic E-state index is 1.11. The molecule has 0 spiro atoms. The van der Waals surface area contributed by atoms with Crippen LogP contribution in [0, 0.1) is 0 Å². The van der Waals surface area contributed by atoms with Gasteiger partial charge in [0, 0.05) is 27.6 Å². The number of anilines is 3. The maximum Gasteiger partial charge on any atom is 0.0562 e. The second kappa shape index (κ2) is 12.5. The zero-order valence-electron chi connectivity index (χ0n) is 28.5. The van der Waals surface area contributed by atoms with E-state index in [9.17, 15) is 0 Å². The van der Waals surface area contributed by atoms with Gasteiger partial charge in [-0.3, -0.25) is 0 Å². The second-order valence-corrected chi connectivity index (χ2v) is 13.3. The van der Waals surface area contributed by atoms with Crippen molar-refractivity contribution in [1.29, 1.82) is 0 Å². The van der Waals surface area contributed by atoms with Crippen molar-refractivity contribution in [3.05, 3.63) is 206 Å². The Bertz CT molecular complexity index is 2900. The number of hydrogen-bond acceptors (Lipinski definition) is 1. The lowest BCUT2D eigenvalue weighted by Crippen LogP contribution is -2.12. The molecule has 2 heteroatoms. The van der Waals surface area contributed by atoms with Gasteiger partial charge < -0.3 is 9.47 Å². The Morgan fingerprint density at radius 2 is 0.923 bits per heavy atom. The second-order valence-electron chi connectivity index (χ2n) is 13.3. The first-order chi connectivity index (χ1) is 25.8. The van der Waals surface area contributed by atoms with Gasteiger partial charge >= 0.3 is 0 Å². The maximum absolute atomic E-state index is 2.47. The fourth-order valence-corrected chi connectivity index (χ4v) is 8.05. The molecule has 0 unspecified atom stereocenters. The van der Waals surface area contributed by atoms with Gasteiger partial charge in [0.1, 0.15) is 0 Å². The van der Waals surface area contributed by atoms with Crippen LogP contribution in [-0.4, -0.2) is 4.57 Å². The lowest BCUT2D eigenvalue weighted by molar-refractivity contribution is 1.18. The van der Waals surface area contributed by atoms with Crippen molar-refractivity contribution in [3.8, 4) is 27.9 Å². The highest BCUT2D eigenvalue weighted by molar-refractivity contribution is 6.17. The van der Waals surface area contributed by atoms with Crippen LogP contribution in [0.15, 0.2) is 206 Å². The molecule has 10 aromatic rings. The lowest BCUT2D eigenvalue weighted by atomic mass is 9.96. The van der Waals surface area contributed by atoms with E-state index in [1.54, 1.807) is 0 Å². The fourth-order valence-electron chi connectivity index (χ4n) is 8.05. The number of hydrogen-bond donors (Lipinski definition) is 0. The van der Waals surface area contributed by atoms with Crippen molar-refractivity contribution in [2.45, 2.75) is 0 Å². The van der Waals surface area contributed by atoms with Crippen molar-refractivity contribution in [2.24, 2.45) is 0 Å². The van der Waals surface area contributed by atoms with Crippen LogP contribution in [0.4, 0.5) is 17.1 Å². The third-order valence-electron chi connectivity index (χ3n) is 10.3. The number of para-hydroxylation sites is 3. The van der Waals surface area contributed by atoms with E-state index in [0.29, 0.717) is 0 Å². The molecule has 0 saturated carbocycles. The molecule has 52 heavy (non-hydrogen) atoms. The maximum atomic E-state index is 2.47. The third-order valence-corrected chi connectivity index (χ3v) is 10.3. The summed E-state index contributed by atoms with van der Waals surface area (Å²) >= 11 is 0. The summed E-state index contributed by atoms with van der Waals surface area (Å²) in [6, 6.07) is 74.7. The SMILES string of the molecule is c1ccc(-c2cc3ccccc3cc2N(c2ccccc2)c2cccc3c2c2ccccc2n3-c2ccccc2-c2cccc3ccccc23)cc1. The molecule has 244 valence electrons. The number of rotatable bonds is 6. The van der Waals surface area contributed by atoms with E-state index in [-0.39, 0.29) is 0 Å². The van der Waals surface area contributed by atoms with Crippen molar-refractivity contribution in [3.63, 3.8) is 0 Å². The van der Waals surface area contributed by atoms with Crippen molar-refractivity contribution in [1.82, 2.24) is 4.57 Å². The molecule has 2 nitrogen and oxygen atoms in total. The minimum atomic E-state index is 1.11. The molecule has 1 aromatic heterocycles. The smallest absolute Gasteiger partial charge is 0.0562 e. The molecule has 0 saturated heterocycles. The topological polar surface area (TPSA) is 8.17 Å². The molecular weight excluding hydrogens is 629 g/mol. The zero-order valence-corrected chi connectivity index (χ0v) is 28.5. The molecule has 0 radical (unpaired) electrons. The van der Waals surface area contributed by atoms with E-state index >= 15 is 0 Å². The Morgan fingerprint density at radius 1 is 0.346 bits per heavy atom. The number of nitrogens with zero attached hydrogens (tertiary/aromatic N) is 2. The average molecular weight is 663 g/mol. The molecule has 10 rings (SSSR count). The summed E-state index contributed by atoms with van der Waals surface area (Å²) in [5, 5.41) is 7.33. The molecule has 0 bridgehead atoms. The first kappa shape index (κ1) is 30.0. The predicted molar refractivity (Wildman–Crippen MR) is 221 cm³/mol. The average Bonchev–Trinajstić information content (AvgIpc) is 3.56. The first-order valence-electron chi connectivity index (χ1n) is 17.9. The van der Waals surface area contributed by atoms with Gasteiger partial charge in [-0.05, 0) is 81.2 Å². The zero-order chi connectivity index (χ0) is 34.4. The summed E-state index contributed by atoms with van der Waals surface area (Å²) in [5.41, 5.74) is 11.7. The molecule has 0 N–H and O–H groups in total. The van der Waals surface area contributed by atoms with Gasteiger partial charge in [-0.25, -0.2) is 0 Å². The van der Waals surface area contributed by atoms with Crippen molar-refractivity contribution < 1.29 is 0 Å². The Hall–Kier alpha value is -6.90. The van der Waals surface area contributed by atoms with Gasteiger partial charge in [-0.15, -0.1) is 0 Å². The Morgan fingerprint density at radius 3 is 1.75 bits per heavy atom. The molecule has 0 amide bonds. The standard InChI is InChI=1S/C50H34N2/c1-3-17-36(18-4-1)44-33-37-20-7-8-21-38(37)34-49(44)51(39-23-5-2-6-24-39)47-31-16-32-48-50(47)43-27-12-14-30-46(43)52(48)45-29-13-11-26-42(45)41-28-15-22-35-19-9-10-25-40(35)41/h1-34H. The summed E-state index contributed by atoms with van der Waals surface area (Å²) < 4.78 is 2.47. The predicted octanol–water partition coefficient (Wildman–Crippen LogP) is 13.9. The van der Waals surface area contributed by atoms with Crippen molar-refractivity contribution >= 4 is 60.4 Å². The lowest BCUT2D eigenvalue weighted by Gasteiger charge is -2.29. The van der Waals surface area contributed by atoms with Crippen LogP contribution in [0.1, 0.15) is 0 Å². The Labute approximate surface area is 303 Å². The van der Waals surface area contributed by atoms with Crippen LogP contribution in [0.3, 0.4) is 0 Å². The number of fused-ring (bicyclic) bond motifs is 5. The van der Waals surface area contributed by atoms with Crippen LogP contribution >= 0.6 is 0 Å². The van der Waals surface area contributed by atoms with Crippen LogP contribution < -0.4 is 4.90 Å². The van der Waals surface area contributed by atoms with Gasteiger partial charge in [0.15, 0.2) is 0 Å². The van der Waals surface area contributed by atoms with Gasteiger partial charge in [-0.2, -0.15) is 0 Å². The summed E-state index contributed by atoms with van der Waals surface area (Å²) in [6.45, 7) is 0. The molecule has 1 heterocycles. The van der Waals surface area contributed by atoms with E-state index < -0.39 is 0 Å². The van der Waals surface area contributed by atoms with E-state index in [0.717, 1.165) is 28.3 Å². The fraction of sp³-hybridized carbons (Fsp3) is 0. The van der Waals surface area contributed by atoms with E-state index in [2.05, 4.69) is 216 Å². The highest BCUT2D eigenvalue weighted by Crippen LogP contribution is 2.48. The van der Waals surface area contributed by atoms with Gasteiger partial charge in [0.25, 0.3) is 0 Å². The Balaban J connectivity index is 1.29. The third kappa shape index (κ3) is 4.88. The largest absolute Gasteiger partial charge is 0.309 e. The monoisotopic (exact) mass is 662 g/mol. The van der Waals surface area contributed by atoms with Crippen LogP contribution in [-0.2, 0) is 0 Å². The molecule has 0 atom stereocenters. The molecule has 9 aromatic carbocycles. The molecule has 0 aliphatic heterocycles. The van der Waals surface area contributed by atoms with Gasteiger partial charge in [0.05, 0.1) is 28.1 Å². The minimum Gasteiger partial charge on any atom is -0.309 e. The number of aromatic nitrogens is 1. The van der Waals surface area contributed by atoms with E-state index in [1.807, 2.05) is 0 Å². The highest BCUT2D eigenvalue weighted by Gasteiger charge is 2.24. The van der Waals surface area contributed by atoms with Gasteiger partial charge in [0.2, 0.25) is 0 Å². The number of benzene rings is 9. The summed E-state index contributed by atoms with van der Waals surface area (Å²) in [6.07, 6.45) is 0. The van der Waals surface area contributed by atoms with Gasteiger partial charge in [-0.1, -0.05) is 158 Å². The summed E-state index contributed by atoms with van der Waals surface area (Å²) in [4.78, 5) is 2.46. The van der Waals surface area contributed by atoms with E-state index in [1.165, 1.54) is 60.1 Å². The molecule has 0 aliphatic carbocycles. The van der Waals surface area contributed by atoms with Crippen LogP contribution in [0.25, 0.3) is 71.3 Å². The quantitative estimate of drug-likeness (QED) is 0.172. The summed E-state index contributed by atoms with van der Waals surface area (Å²) in [7, 11) is 0. The van der Waals surface area contributed by atoms with Crippen molar-refractivity contribution in [2.75, 3.05) is 4.90 Å². The Kier molecular flexibility index (Phi) is 7.18. The van der Waals surface area contributed by atoms with Crippen LogP contribution in [0.2, 0.25) is 0 Å². The molecular formula is C50H34N2. The highest BCUT2D eigenvalue weighted by atomic mass is 15.2. The first-order valence-corrected chi connectivity index (χ1v) is 17.9. The van der Waals surface area contributed by atoms with E-state index in [4.69, 9.17) is 0 Å².